The van der Waals surface area contributed by atoms with Crippen LogP contribution in [-0.2, 0) is 32.6 Å². The third-order valence-electron chi connectivity index (χ3n) is 6.43. The van der Waals surface area contributed by atoms with E-state index in [-0.39, 0.29) is 37.7 Å². The highest BCUT2D eigenvalue weighted by atomic mass is 35.5. The zero-order chi connectivity index (χ0) is 29.1. The third kappa shape index (κ3) is 8.47. The summed E-state index contributed by atoms with van der Waals surface area (Å²) in [6, 6.07) is 22.8. The second-order valence-electron chi connectivity index (χ2n) is 9.32. The van der Waals surface area contributed by atoms with Gasteiger partial charge in [0, 0.05) is 37.5 Å². The number of likely N-dealkylation sites (N-methyl/N-ethyl adjacent to an activating group) is 1. The summed E-state index contributed by atoms with van der Waals surface area (Å²) in [6.07, 6.45) is 1.70. The number of amides is 2. The van der Waals surface area contributed by atoms with Gasteiger partial charge in [0.1, 0.15) is 11.8 Å². The van der Waals surface area contributed by atoms with Crippen molar-refractivity contribution in [1.82, 2.24) is 10.2 Å². The molecule has 0 fully saturated rings. The summed E-state index contributed by atoms with van der Waals surface area (Å²) in [5.41, 5.74) is 2.03. The minimum absolute atomic E-state index is 0.0241. The van der Waals surface area contributed by atoms with Gasteiger partial charge in [-0.05, 0) is 42.7 Å². The first kappa shape index (κ1) is 31.0. The number of hydrogen-bond donors (Lipinski definition) is 1. The molecular weight excluding hydrogens is 550 g/mol. The number of para-hydroxylation sites is 2. The van der Waals surface area contributed by atoms with Crippen molar-refractivity contribution in [3.63, 3.8) is 0 Å². The Labute approximate surface area is 241 Å². The first-order valence-corrected chi connectivity index (χ1v) is 15.3. The number of sulfonamides is 1. The van der Waals surface area contributed by atoms with E-state index in [2.05, 4.69) is 5.32 Å². The van der Waals surface area contributed by atoms with Gasteiger partial charge in [-0.1, -0.05) is 72.3 Å². The fraction of sp³-hybridized carbons (Fsp3) is 0.333. The normalized spacial score (nSPS) is 11.9. The van der Waals surface area contributed by atoms with E-state index in [0.717, 1.165) is 11.8 Å². The summed E-state index contributed by atoms with van der Waals surface area (Å²) >= 11 is 6.45. The van der Waals surface area contributed by atoms with Gasteiger partial charge in [-0.3, -0.25) is 13.9 Å². The molecule has 0 aliphatic heterocycles. The van der Waals surface area contributed by atoms with Crippen LogP contribution < -0.4 is 14.4 Å². The van der Waals surface area contributed by atoms with Gasteiger partial charge < -0.3 is 15.0 Å². The van der Waals surface area contributed by atoms with Crippen LogP contribution in [0.3, 0.4) is 0 Å². The Bertz CT molecular complexity index is 1380. The Hall–Kier alpha value is -3.56. The van der Waals surface area contributed by atoms with Gasteiger partial charge in [0.15, 0.2) is 0 Å². The quantitative estimate of drug-likeness (QED) is 0.297. The van der Waals surface area contributed by atoms with Gasteiger partial charge in [-0.2, -0.15) is 0 Å². The molecule has 3 aromatic carbocycles. The molecule has 2 amide bonds. The SMILES string of the molecule is CCNC(=O)[C@H](Cc1ccccc1)N(Cc1ccccc1Cl)C(=O)CCCN(c1ccccc1OC)S(C)(=O)=O. The Morgan fingerprint density at radius 2 is 1.62 bits per heavy atom. The lowest BCUT2D eigenvalue weighted by Gasteiger charge is -2.32. The predicted octanol–water partition coefficient (Wildman–Crippen LogP) is 4.67. The number of carbonyl (C=O) groups is 2. The average Bonchev–Trinajstić information content (AvgIpc) is 2.94. The maximum absolute atomic E-state index is 13.8. The van der Waals surface area contributed by atoms with Crippen LogP contribution in [0.25, 0.3) is 0 Å². The van der Waals surface area contributed by atoms with Crippen molar-refractivity contribution in [3.05, 3.63) is 95.0 Å². The molecule has 3 rings (SSSR count). The highest BCUT2D eigenvalue weighted by molar-refractivity contribution is 7.92. The lowest BCUT2D eigenvalue weighted by molar-refractivity contribution is -0.141. The molecule has 0 aliphatic carbocycles. The number of benzene rings is 3. The van der Waals surface area contributed by atoms with E-state index in [4.69, 9.17) is 16.3 Å². The fourth-order valence-corrected chi connectivity index (χ4v) is 5.64. The molecule has 0 heterocycles. The first-order chi connectivity index (χ1) is 19.2. The number of anilines is 1. The van der Waals surface area contributed by atoms with Crippen LogP contribution in [-0.4, -0.2) is 57.6 Å². The summed E-state index contributed by atoms with van der Waals surface area (Å²) in [5.74, 6) is -0.127. The zero-order valence-electron chi connectivity index (χ0n) is 23.0. The van der Waals surface area contributed by atoms with E-state index in [1.54, 1.807) is 41.3 Å². The molecule has 8 nitrogen and oxygen atoms in total. The topological polar surface area (TPSA) is 96.0 Å². The van der Waals surface area contributed by atoms with Crippen molar-refractivity contribution in [2.24, 2.45) is 0 Å². The van der Waals surface area contributed by atoms with Gasteiger partial charge >= 0.3 is 0 Å². The van der Waals surface area contributed by atoms with Crippen molar-refractivity contribution in [1.29, 1.82) is 0 Å². The van der Waals surface area contributed by atoms with E-state index in [1.165, 1.54) is 11.4 Å². The second kappa shape index (κ2) is 14.7. The number of carbonyl (C=O) groups excluding carboxylic acids is 2. The van der Waals surface area contributed by atoms with Crippen LogP contribution >= 0.6 is 11.6 Å². The monoisotopic (exact) mass is 585 g/mol. The maximum Gasteiger partial charge on any atom is 0.243 e. The predicted molar refractivity (Wildman–Crippen MR) is 159 cm³/mol. The summed E-state index contributed by atoms with van der Waals surface area (Å²) in [4.78, 5) is 28.6. The number of nitrogens with zero attached hydrogens (tertiary/aromatic N) is 2. The highest BCUT2D eigenvalue weighted by Gasteiger charge is 2.31. The minimum Gasteiger partial charge on any atom is -0.495 e. The Kier molecular flexibility index (Phi) is 11.4. The van der Waals surface area contributed by atoms with Gasteiger partial charge in [0.25, 0.3) is 0 Å². The van der Waals surface area contributed by atoms with Crippen LogP contribution in [0.4, 0.5) is 5.69 Å². The second-order valence-corrected chi connectivity index (χ2v) is 11.6. The summed E-state index contributed by atoms with van der Waals surface area (Å²) in [5, 5.41) is 3.36. The summed E-state index contributed by atoms with van der Waals surface area (Å²) in [6.45, 7) is 2.45. The molecule has 0 aromatic heterocycles. The van der Waals surface area contributed by atoms with Crippen molar-refractivity contribution in [3.8, 4) is 5.75 Å². The molecule has 0 aliphatic rings. The van der Waals surface area contributed by atoms with Gasteiger partial charge in [-0.25, -0.2) is 8.42 Å². The lowest BCUT2D eigenvalue weighted by Crippen LogP contribution is -2.50. The zero-order valence-corrected chi connectivity index (χ0v) is 24.6. The third-order valence-corrected chi connectivity index (χ3v) is 7.98. The summed E-state index contributed by atoms with van der Waals surface area (Å²) in [7, 11) is -2.18. The molecule has 214 valence electrons. The molecule has 0 saturated heterocycles. The molecule has 1 N–H and O–H groups in total. The molecule has 0 unspecified atom stereocenters. The number of ether oxygens (including phenoxy) is 1. The molecular formula is C30H36ClN3O5S. The molecule has 40 heavy (non-hydrogen) atoms. The van der Waals surface area contributed by atoms with Crippen molar-refractivity contribution in [2.75, 3.05) is 30.8 Å². The molecule has 0 radical (unpaired) electrons. The molecule has 0 saturated carbocycles. The lowest BCUT2D eigenvalue weighted by atomic mass is 10.0. The Morgan fingerprint density at radius 3 is 2.27 bits per heavy atom. The molecule has 10 heteroatoms. The Morgan fingerprint density at radius 1 is 0.975 bits per heavy atom. The molecule has 0 spiro atoms. The number of nitrogens with one attached hydrogen (secondary N) is 1. The van der Waals surface area contributed by atoms with Gasteiger partial charge in [0.2, 0.25) is 21.8 Å². The number of methoxy groups -OCH3 is 1. The Balaban J connectivity index is 1.88. The maximum atomic E-state index is 13.8. The fourth-order valence-electron chi connectivity index (χ4n) is 4.47. The number of rotatable bonds is 14. The van der Waals surface area contributed by atoms with Crippen LogP contribution in [0, 0.1) is 0 Å². The van der Waals surface area contributed by atoms with Crippen molar-refractivity contribution >= 4 is 39.1 Å². The van der Waals surface area contributed by atoms with Crippen LogP contribution in [0.1, 0.15) is 30.9 Å². The van der Waals surface area contributed by atoms with Gasteiger partial charge in [-0.15, -0.1) is 0 Å². The van der Waals surface area contributed by atoms with E-state index in [0.29, 0.717) is 35.0 Å². The number of hydrogen-bond acceptors (Lipinski definition) is 5. The first-order valence-electron chi connectivity index (χ1n) is 13.1. The smallest absolute Gasteiger partial charge is 0.243 e. The largest absolute Gasteiger partial charge is 0.495 e. The van der Waals surface area contributed by atoms with Crippen LogP contribution in [0.5, 0.6) is 5.75 Å². The van der Waals surface area contributed by atoms with E-state index < -0.39 is 16.1 Å². The molecule has 0 bridgehead atoms. The van der Waals surface area contributed by atoms with E-state index in [9.17, 15) is 18.0 Å². The van der Waals surface area contributed by atoms with E-state index in [1.807, 2.05) is 49.4 Å². The van der Waals surface area contributed by atoms with Gasteiger partial charge in [0.05, 0.1) is 19.1 Å². The van der Waals surface area contributed by atoms with Crippen molar-refractivity contribution in [2.45, 2.75) is 38.8 Å². The van der Waals surface area contributed by atoms with Crippen LogP contribution in [0.2, 0.25) is 5.02 Å². The molecule has 1 atom stereocenters. The minimum atomic E-state index is -3.65. The van der Waals surface area contributed by atoms with E-state index >= 15 is 0 Å². The number of halogens is 1. The summed E-state index contributed by atoms with van der Waals surface area (Å²) < 4.78 is 31.9. The van der Waals surface area contributed by atoms with Crippen LogP contribution in [0.15, 0.2) is 78.9 Å². The highest BCUT2D eigenvalue weighted by Crippen LogP contribution is 2.30. The standard InChI is InChI=1S/C30H36ClN3O5S/c1-4-32-30(36)27(21-23-13-6-5-7-14-23)33(22-24-15-8-9-16-25(24)31)29(35)19-12-20-34(40(3,37)38)26-17-10-11-18-28(26)39-2/h5-11,13-18,27H,4,12,19-22H2,1-3H3,(H,32,36)/t27-/m0/s1. The average molecular weight is 586 g/mol. The van der Waals surface area contributed by atoms with Crippen molar-refractivity contribution < 1.29 is 22.7 Å². The molecule has 3 aromatic rings.